The quantitative estimate of drug-likeness (QED) is 0.683. The highest BCUT2D eigenvalue weighted by atomic mass is 16.5. The first-order valence-corrected chi connectivity index (χ1v) is 5.91. The van der Waals surface area contributed by atoms with Gasteiger partial charge < -0.3 is 14.6 Å². The van der Waals surface area contributed by atoms with Gasteiger partial charge >= 0.3 is 0 Å². The molecule has 1 heterocycles. The second-order valence-electron chi connectivity index (χ2n) is 4.13. The van der Waals surface area contributed by atoms with Crippen LogP contribution < -0.4 is 0 Å². The van der Waals surface area contributed by atoms with E-state index in [1.165, 1.54) is 0 Å². The van der Waals surface area contributed by atoms with Gasteiger partial charge in [0.1, 0.15) is 0 Å². The predicted octanol–water partition coefficient (Wildman–Crippen LogP) is 1.29. The van der Waals surface area contributed by atoms with Gasteiger partial charge in [0, 0.05) is 26.4 Å². The van der Waals surface area contributed by atoms with Crippen molar-refractivity contribution in [3.05, 3.63) is 0 Å². The minimum atomic E-state index is -0.335. The van der Waals surface area contributed by atoms with Crippen LogP contribution in [0.4, 0.5) is 0 Å². The van der Waals surface area contributed by atoms with Crippen molar-refractivity contribution in [1.29, 1.82) is 0 Å². The summed E-state index contributed by atoms with van der Waals surface area (Å²) in [6.07, 6.45) is 1.58. The third-order valence-electron chi connectivity index (χ3n) is 3.30. The minimum absolute atomic E-state index is 0.0130. The maximum atomic E-state index is 10.1. The molecule has 4 heteroatoms. The number of hydrogen-bond acceptors (Lipinski definition) is 3. The molecule has 1 rings (SSSR count). The first-order chi connectivity index (χ1) is 7.17. The number of rotatable bonds is 6. The summed E-state index contributed by atoms with van der Waals surface area (Å²) >= 11 is 0. The molecule has 15 heavy (non-hydrogen) atoms. The standard InChI is InChI=1S/C11H24NO3/c1-4-14-9-12(10(3)15-5-2)8-6-7-11(12)13/h10-11,13H,4-9H2,1-3H3/q+1. The van der Waals surface area contributed by atoms with E-state index in [0.29, 0.717) is 24.4 Å². The molecule has 3 atom stereocenters. The van der Waals surface area contributed by atoms with Crippen LogP contribution in [-0.4, -0.2) is 48.5 Å². The van der Waals surface area contributed by atoms with Crippen LogP contribution in [0.3, 0.4) is 0 Å². The number of hydrogen-bond donors (Lipinski definition) is 1. The fourth-order valence-electron chi connectivity index (χ4n) is 2.30. The van der Waals surface area contributed by atoms with Gasteiger partial charge in [-0.3, -0.25) is 4.48 Å². The molecule has 1 aliphatic rings. The van der Waals surface area contributed by atoms with Gasteiger partial charge in [-0.05, 0) is 13.8 Å². The Labute approximate surface area is 92.4 Å². The summed E-state index contributed by atoms with van der Waals surface area (Å²) in [4.78, 5) is 0. The highest BCUT2D eigenvalue weighted by Crippen LogP contribution is 2.29. The molecular weight excluding hydrogens is 194 g/mol. The van der Waals surface area contributed by atoms with E-state index in [4.69, 9.17) is 9.47 Å². The molecule has 3 unspecified atom stereocenters. The molecule has 1 aliphatic heterocycles. The van der Waals surface area contributed by atoms with Crippen LogP contribution in [0.2, 0.25) is 0 Å². The zero-order valence-electron chi connectivity index (χ0n) is 10.1. The van der Waals surface area contributed by atoms with Crippen molar-refractivity contribution in [3.63, 3.8) is 0 Å². The highest BCUT2D eigenvalue weighted by molar-refractivity contribution is 4.58. The van der Waals surface area contributed by atoms with Crippen molar-refractivity contribution < 1.29 is 19.1 Å². The Balaban J connectivity index is 2.66. The van der Waals surface area contributed by atoms with E-state index in [0.717, 1.165) is 19.4 Å². The molecule has 0 aromatic heterocycles. The first kappa shape index (κ1) is 12.9. The number of ether oxygens (including phenoxy) is 2. The molecule has 0 saturated carbocycles. The number of nitrogens with zero attached hydrogens (tertiary/aromatic N) is 1. The fraction of sp³-hybridized carbons (Fsp3) is 1.00. The zero-order valence-corrected chi connectivity index (χ0v) is 10.1. The molecule has 0 aromatic rings. The Morgan fingerprint density at radius 2 is 2.13 bits per heavy atom. The molecule has 4 nitrogen and oxygen atoms in total. The number of aliphatic hydroxyl groups excluding tert-OH is 1. The number of aliphatic hydroxyl groups is 1. The molecule has 90 valence electrons. The molecule has 1 N–H and O–H groups in total. The van der Waals surface area contributed by atoms with Crippen LogP contribution in [0, 0.1) is 0 Å². The lowest BCUT2D eigenvalue weighted by molar-refractivity contribution is -1.01. The van der Waals surface area contributed by atoms with Crippen molar-refractivity contribution in [2.75, 3.05) is 26.5 Å². The Kier molecular flexibility index (Phi) is 4.99. The van der Waals surface area contributed by atoms with Gasteiger partial charge in [-0.25, -0.2) is 0 Å². The van der Waals surface area contributed by atoms with Crippen molar-refractivity contribution in [2.24, 2.45) is 0 Å². The average Bonchev–Trinajstić information content (AvgIpc) is 2.58. The fourth-order valence-corrected chi connectivity index (χ4v) is 2.30. The molecule has 1 fully saturated rings. The summed E-state index contributed by atoms with van der Waals surface area (Å²) in [5, 5.41) is 10.1. The van der Waals surface area contributed by atoms with E-state index in [2.05, 4.69) is 0 Å². The van der Waals surface area contributed by atoms with Crippen LogP contribution >= 0.6 is 0 Å². The Hall–Kier alpha value is -0.160. The van der Waals surface area contributed by atoms with E-state index >= 15 is 0 Å². The van der Waals surface area contributed by atoms with Crippen LogP contribution in [0.1, 0.15) is 33.6 Å². The maximum Gasteiger partial charge on any atom is 0.194 e. The lowest BCUT2D eigenvalue weighted by atomic mass is 10.3. The molecule has 0 amide bonds. The lowest BCUT2D eigenvalue weighted by Gasteiger charge is -2.41. The summed E-state index contributed by atoms with van der Waals surface area (Å²) in [5.74, 6) is 0. The molecule has 0 aromatic carbocycles. The average molecular weight is 218 g/mol. The molecule has 0 radical (unpaired) electrons. The van der Waals surface area contributed by atoms with Gasteiger partial charge in [0.25, 0.3) is 0 Å². The number of quaternary nitrogens is 1. The zero-order chi connectivity index (χ0) is 11.3. The second kappa shape index (κ2) is 5.80. The van der Waals surface area contributed by atoms with Gasteiger partial charge in [0.05, 0.1) is 13.2 Å². The largest absolute Gasteiger partial charge is 0.345 e. The van der Waals surface area contributed by atoms with Gasteiger partial charge in [-0.2, -0.15) is 0 Å². The molecular formula is C11H24NO3+. The van der Waals surface area contributed by atoms with Crippen molar-refractivity contribution >= 4 is 0 Å². The lowest BCUT2D eigenvalue weighted by Crippen LogP contribution is -2.59. The van der Waals surface area contributed by atoms with Crippen LogP contribution in [0.25, 0.3) is 0 Å². The van der Waals surface area contributed by atoms with E-state index in [1.54, 1.807) is 0 Å². The molecule has 0 spiro atoms. The SMILES string of the molecule is CCOC[N+]1(C(C)OCC)CCCC1O. The summed E-state index contributed by atoms with van der Waals surface area (Å²) in [6.45, 7) is 8.85. The van der Waals surface area contributed by atoms with Crippen molar-refractivity contribution in [1.82, 2.24) is 0 Å². The second-order valence-corrected chi connectivity index (χ2v) is 4.13. The summed E-state index contributed by atoms with van der Waals surface area (Å²) in [5.41, 5.74) is 0. The van der Waals surface area contributed by atoms with Crippen molar-refractivity contribution in [3.8, 4) is 0 Å². The minimum Gasteiger partial charge on any atom is -0.345 e. The van der Waals surface area contributed by atoms with Crippen molar-refractivity contribution in [2.45, 2.75) is 46.1 Å². The molecule has 1 saturated heterocycles. The number of likely N-dealkylation sites (tertiary alicyclic amines) is 1. The van der Waals surface area contributed by atoms with E-state index in [-0.39, 0.29) is 12.5 Å². The van der Waals surface area contributed by atoms with E-state index in [9.17, 15) is 5.11 Å². The third kappa shape index (κ3) is 2.69. The maximum absolute atomic E-state index is 10.1. The van der Waals surface area contributed by atoms with E-state index in [1.807, 2.05) is 20.8 Å². The third-order valence-corrected chi connectivity index (χ3v) is 3.30. The predicted molar refractivity (Wildman–Crippen MR) is 57.9 cm³/mol. The van der Waals surface area contributed by atoms with Crippen LogP contribution in [0.5, 0.6) is 0 Å². The van der Waals surface area contributed by atoms with Gasteiger partial charge in [-0.1, -0.05) is 0 Å². The van der Waals surface area contributed by atoms with Gasteiger partial charge in [-0.15, -0.1) is 0 Å². The Bertz CT molecular complexity index is 189. The Morgan fingerprint density at radius 3 is 2.60 bits per heavy atom. The molecule has 0 bridgehead atoms. The summed E-state index contributed by atoms with van der Waals surface area (Å²) in [6, 6.07) is 0. The normalized spacial score (nSPS) is 33.2. The van der Waals surface area contributed by atoms with Crippen LogP contribution in [-0.2, 0) is 9.47 Å². The molecule has 0 aliphatic carbocycles. The Morgan fingerprint density at radius 1 is 1.40 bits per heavy atom. The summed E-state index contributed by atoms with van der Waals surface area (Å²) in [7, 11) is 0. The van der Waals surface area contributed by atoms with Crippen LogP contribution in [0.15, 0.2) is 0 Å². The highest BCUT2D eigenvalue weighted by Gasteiger charge is 2.45. The smallest absolute Gasteiger partial charge is 0.194 e. The van der Waals surface area contributed by atoms with Gasteiger partial charge in [0.2, 0.25) is 0 Å². The van der Waals surface area contributed by atoms with E-state index < -0.39 is 0 Å². The first-order valence-electron chi connectivity index (χ1n) is 5.91. The summed E-state index contributed by atoms with van der Waals surface area (Å²) < 4.78 is 11.7. The van der Waals surface area contributed by atoms with Gasteiger partial charge in [0.15, 0.2) is 19.2 Å². The monoisotopic (exact) mass is 218 g/mol. The topological polar surface area (TPSA) is 38.7 Å².